The van der Waals surface area contributed by atoms with Crippen molar-refractivity contribution in [1.29, 1.82) is 0 Å². The number of aromatic nitrogens is 3. The lowest BCUT2D eigenvalue weighted by Gasteiger charge is -2.00. The third-order valence-corrected chi connectivity index (χ3v) is 3.92. The topological polar surface area (TPSA) is 96.7 Å². The number of H-pyrrole nitrogens is 1. The van der Waals surface area contributed by atoms with Gasteiger partial charge in [-0.05, 0) is 24.6 Å². The van der Waals surface area contributed by atoms with Crippen LogP contribution in [0.1, 0.15) is 22.3 Å². The van der Waals surface area contributed by atoms with Gasteiger partial charge in [-0.15, -0.1) is 10.2 Å². The number of nitrogens with zero attached hydrogens (tertiary/aromatic N) is 2. The molecule has 2 heterocycles. The maximum atomic E-state index is 12.3. The van der Waals surface area contributed by atoms with Crippen LogP contribution in [0.5, 0.6) is 0 Å². The van der Waals surface area contributed by atoms with Gasteiger partial charge in [-0.2, -0.15) is 0 Å². The zero-order valence-electron chi connectivity index (χ0n) is 10.8. The number of carbonyl (C=O) groups excluding carboxylic acids is 1. The van der Waals surface area contributed by atoms with Gasteiger partial charge >= 0.3 is 0 Å². The Morgan fingerprint density at radius 1 is 1.45 bits per heavy atom. The van der Waals surface area contributed by atoms with Crippen molar-refractivity contribution in [1.82, 2.24) is 15.2 Å². The molecule has 0 radical (unpaired) electrons. The van der Waals surface area contributed by atoms with Gasteiger partial charge in [-0.25, -0.2) is 0 Å². The summed E-state index contributed by atoms with van der Waals surface area (Å²) in [6.07, 6.45) is 2.47. The van der Waals surface area contributed by atoms with Crippen LogP contribution in [-0.2, 0) is 6.42 Å². The molecule has 0 fully saturated rings. The van der Waals surface area contributed by atoms with E-state index >= 15 is 0 Å². The molecular formula is C13H13N5OS. The van der Waals surface area contributed by atoms with Crippen molar-refractivity contribution in [2.24, 2.45) is 0 Å². The maximum absolute atomic E-state index is 12.3. The van der Waals surface area contributed by atoms with E-state index in [2.05, 4.69) is 20.5 Å². The molecule has 0 aliphatic heterocycles. The van der Waals surface area contributed by atoms with E-state index in [1.807, 2.05) is 13.0 Å². The number of fused-ring (bicyclic) bond motifs is 1. The number of anilines is 2. The molecule has 1 amide bonds. The van der Waals surface area contributed by atoms with Crippen LogP contribution in [0.15, 0.2) is 24.4 Å². The number of aryl methyl sites for hydroxylation is 1. The van der Waals surface area contributed by atoms with Gasteiger partial charge < -0.3 is 10.7 Å². The minimum atomic E-state index is -0.222. The average molecular weight is 287 g/mol. The van der Waals surface area contributed by atoms with Crippen molar-refractivity contribution in [2.45, 2.75) is 13.3 Å². The number of aromatic amines is 1. The van der Waals surface area contributed by atoms with Crippen LogP contribution in [0, 0.1) is 0 Å². The highest BCUT2D eigenvalue weighted by Crippen LogP contribution is 2.23. The fourth-order valence-electron chi connectivity index (χ4n) is 1.94. The number of nitrogen functional groups attached to an aromatic ring is 1. The Balaban J connectivity index is 1.90. The van der Waals surface area contributed by atoms with Crippen LogP contribution in [0.3, 0.4) is 0 Å². The molecule has 0 atom stereocenters. The molecule has 102 valence electrons. The van der Waals surface area contributed by atoms with E-state index in [1.165, 1.54) is 11.3 Å². The molecule has 3 rings (SSSR count). The Kier molecular flexibility index (Phi) is 3.11. The number of rotatable bonds is 3. The lowest BCUT2D eigenvalue weighted by atomic mass is 10.1. The van der Waals surface area contributed by atoms with Crippen molar-refractivity contribution >= 4 is 39.0 Å². The third-order valence-electron chi connectivity index (χ3n) is 2.94. The lowest BCUT2D eigenvalue weighted by molar-refractivity contribution is 0.102. The summed E-state index contributed by atoms with van der Waals surface area (Å²) in [4.78, 5) is 15.3. The molecule has 0 spiro atoms. The number of benzene rings is 1. The maximum Gasteiger partial charge on any atom is 0.259 e. The Hall–Kier alpha value is -2.41. The fourth-order valence-corrected chi connectivity index (χ4v) is 2.61. The van der Waals surface area contributed by atoms with Crippen LogP contribution in [0.25, 0.3) is 10.9 Å². The van der Waals surface area contributed by atoms with Crippen LogP contribution in [-0.4, -0.2) is 21.1 Å². The molecule has 20 heavy (non-hydrogen) atoms. The quantitative estimate of drug-likeness (QED) is 0.644. The summed E-state index contributed by atoms with van der Waals surface area (Å²) in [5.41, 5.74) is 7.79. The first kappa shape index (κ1) is 12.6. The van der Waals surface area contributed by atoms with Crippen molar-refractivity contribution in [3.05, 3.63) is 35.0 Å². The summed E-state index contributed by atoms with van der Waals surface area (Å²) >= 11 is 1.38. The molecule has 1 aromatic carbocycles. The number of amides is 1. The van der Waals surface area contributed by atoms with Gasteiger partial charge in [-0.1, -0.05) is 18.3 Å². The van der Waals surface area contributed by atoms with Crippen molar-refractivity contribution in [3.8, 4) is 0 Å². The first-order valence-electron chi connectivity index (χ1n) is 6.17. The first-order valence-corrected chi connectivity index (χ1v) is 6.99. The summed E-state index contributed by atoms with van der Waals surface area (Å²) in [5.74, 6) is -0.222. The van der Waals surface area contributed by atoms with Gasteiger partial charge in [0.15, 0.2) is 0 Å². The molecule has 0 saturated carbocycles. The van der Waals surface area contributed by atoms with Crippen molar-refractivity contribution in [2.75, 3.05) is 11.1 Å². The van der Waals surface area contributed by atoms with E-state index < -0.39 is 0 Å². The number of hydrogen-bond donors (Lipinski definition) is 3. The van der Waals surface area contributed by atoms with E-state index in [9.17, 15) is 4.79 Å². The second kappa shape index (κ2) is 4.93. The summed E-state index contributed by atoms with van der Waals surface area (Å²) in [5, 5.41) is 12.9. The van der Waals surface area contributed by atoms with Gasteiger partial charge in [0.2, 0.25) is 5.13 Å². The highest BCUT2D eigenvalue weighted by atomic mass is 32.1. The van der Waals surface area contributed by atoms with Gasteiger partial charge in [0, 0.05) is 22.8 Å². The molecule has 0 saturated heterocycles. The summed E-state index contributed by atoms with van der Waals surface area (Å²) in [7, 11) is 0. The summed E-state index contributed by atoms with van der Waals surface area (Å²) in [6, 6.07) is 5.42. The Morgan fingerprint density at radius 3 is 3.05 bits per heavy atom. The van der Waals surface area contributed by atoms with Crippen molar-refractivity contribution in [3.63, 3.8) is 0 Å². The molecule has 3 aromatic rings. The smallest absolute Gasteiger partial charge is 0.259 e. The lowest BCUT2D eigenvalue weighted by Crippen LogP contribution is -2.11. The van der Waals surface area contributed by atoms with Crippen molar-refractivity contribution < 1.29 is 4.79 Å². The first-order chi connectivity index (χ1) is 9.67. The zero-order chi connectivity index (χ0) is 14.1. The summed E-state index contributed by atoms with van der Waals surface area (Å²) < 4.78 is 0. The second-order valence-corrected chi connectivity index (χ2v) is 5.38. The molecule has 0 aliphatic carbocycles. The predicted molar refractivity (Wildman–Crippen MR) is 80.0 cm³/mol. The summed E-state index contributed by atoms with van der Waals surface area (Å²) in [6.45, 7) is 1.99. The van der Waals surface area contributed by atoms with Gasteiger partial charge in [0.25, 0.3) is 5.91 Å². The van der Waals surface area contributed by atoms with Gasteiger partial charge in [-0.3, -0.25) is 10.1 Å². The second-order valence-electron chi connectivity index (χ2n) is 4.32. The molecule has 6 nitrogen and oxygen atoms in total. The number of nitrogens with two attached hydrogens (primary N) is 1. The molecular weight excluding hydrogens is 274 g/mol. The Bertz CT molecular complexity index is 776. The molecule has 7 heteroatoms. The molecule has 4 N–H and O–H groups in total. The molecule has 2 aromatic heterocycles. The third kappa shape index (κ3) is 2.23. The molecule has 0 aliphatic rings. The van der Waals surface area contributed by atoms with E-state index in [0.29, 0.717) is 16.4 Å². The average Bonchev–Trinajstić information content (AvgIpc) is 3.04. The monoisotopic (exact) mass is 287 g/mol. The number of carbonyl (C=O) groups is 1. The molecule has 0 bridgehead atoms. The number of nitrogens with one attached hydrogen (secondary N) is 2. The highest BCUT2D eigenvalue weighted by molar-refractivity contribution is 7.15. The SMILES string of the molecule is CCc1nnc(NC(=O)c2c[nH]c3ccc(N)cc23)s1. The van der Waals surface area contributed by atoms with E-state index in [1.54, 1.807) is 18.3 Å². The highest BCUT2D eigenvalue weighted by Gasteiger charge is 2.14. The largest absolute Gasteiger partial charge is 0.399 e. The molecule has 0 unspecified atom stereocenters. The Morgan fingerprint density at radius 2 is 2.30 bits per heavy atom. The minimum absolute atomic E-state index is 0.222. The number of hydrogen-bond acceptors (Lipinski definition) is 5. The van der Waals surface area contributed by atoms with Crippen LogP contribution < -0.4 is 11.1 Å². The predicted octanol–water partition coefficient (Wildman–Crippen LogP) is 2.42. The Labute approximate surface area is 119 Å². The van der Waals surface area contributed by atoms with E-state index in [-0.39, 0.29) is 5.91 Å². The van der Waals surface area contributed by atoms with Crippen LogP contribution >= 0.6 is 11.3 Å². The standard InChI is InChI=1S/C13H13N5OS/c1-2-11-17-18-13(20-11)16-12(19)9-6-15-10-4-3-7(14)5-8(9)10/h3-6,15H,2,14H2,1H3,(H,16,18,19). The van der Waals surface area contributed by atoms with Crippen LogP contribution in [0.2, 0.25) is 0 Å². The van der Waals surface area contributed by atoms with Crippen LogP contribution in [0.4, 0.5) is 10.8 Å². The zero-order valence-corrected chi connectivity index (χ0v) is 11.6. The van der Waals surface area contributed by atoms with E-state index in [0.717, 1.165) is 22.3 Å². The fraction of sp³-hybridized carbons (Fsp3) is 0.154. The van der Waals surface area contributed by atoms with E-state index in [4.69, 9.17) is 5.73 Å². The minimum Gasteiger partial charge on any atom is -0.399 e. The van der Waals surface area contributed by atoms with Gasteiger partial charge in [0.05, 0.1) is 5.56 Å². The normalized spacial score (nSPS) is 10.8. The van der Waals surface area contributed by atoms with Gasteiger partial charge in [0.1, 0.15) is 5.01 Å².